The second kappa shape index (κ2) is 13.6. The lowest BCUT2D eigenvalue weighted by atomic mass is 10.0. The number of amides is 2. The van der Waals surface area contributed by atoms with Gasteiger partial charge < -0.3 is 18.7 Å². The molecule has 1 aliphatic rings. The molecular weight excluding hydrogens is 628 g/mol. The second-order valence-electron chi connectivity index (χ2n) is 12.1. The standard InChI is InChI=1S/C34H37ClN4O6S/c1-34(2,3)44-33(41)37(4)30(32(40)39-20-18-38(19-21-39)27-10-7-9-26(35)23-27)22-24-12-14-28(15-13-24)45-46(42,43)31-29-11-6-5-8-25(29)16-17-36-31/h5-17,23,30H,18-22H2,1-4H3/t30-/m0/s1. The van der Waals surface area contributed by atoms with Crippen LogP contribution in [0.2, 0.25) is 5.02 Å². The molecule has 4 aromatic rings. The lowest BCUT2D eigenvalue weighted by Gasteiger charge is -2.39. The minimum atomic E-state index is -4.23. The van der Waals surface area contributed by atoms with E-state index in [2.05, 4.69) is 9.88 Å². The third kappa shape index (κ3) is 7.89. The number of pyridine rings is 1. The molecule has 242 valence electrons. The molecule has 0 unspecified atom stereocenters. The van der Waals surface area contributed by atoms with Gasteiger partial charge in [0.15, 0.2) is 0 Å². The zero-order valence-corrected chi connectivity index (χ0v) is 27.8. The molecule has 5 rings (SSSR count). The number of rotatable bonds is 8. The summed E-state index contributed by atoms with van der Waals surface area (Å²) < 4.78 is 37.3. The smallest absolute Gasteiger partial charge is 0.410 e. The van der Waals surface area contributed by atoms with Crippen LogP contribution in [-0.2, 0) is 26.1 Å². The Morgan fingerprint density at radius 3 is 2.33 bits per heavy atom. The van der Waals surface area contributed by atoms with Crippen molar-refractivity contribution in [3.05, 3.63) is 95.6 Å². The SMILES string of the molecule is CN(C(=O)OC(C)(C)C)[C@@H](Cc1ccc(OS(=O)(=O)c2nccc3ccccc23)cc1)C(=O)N1CCN(c2cccc(Cl)c2)CC1. The number of aromatic nitrogens is 1. The van der Waals surface area contributed by atoms with Crippen LogP contribution >= 0.6 is 11.6 Å². The molecule has 3 aromatic carbocycles. The minimum absolute atomic E-state index is 0.0963. The van der Waals surface area contributed by atoms with Crippen molar-refractivity contribution in [1.29, 1.82) is 0 Å². The number of hydrogen-bond acceptors (Lipinski definition) is 8. The minimum Gasteiger partial charge on any atom is -0.444 e. The van der Waals surface area contributed by atoms with Crippen molar-refractivity contribution in [1.82, 2.24) is 14.8 Å². The molecule has 0 spiro atoms. The summed E-state index contributed by atoms with van der Waals surface area (Å²) in [5, 5.41) is 1.66. The van der Waals surface area contributed by atoms with E-state index in [-0.39, 0.29) is 23.1 Å². The Kier molecular flexibility index (Phi) is 9.74. The molecule has 1 aromatic heterocycles. The van der Waals surface area contributed by atoms with Gasteiger partial charge in [0.05, 0.1) is 0 Å². The predicted octanol–water partition coefficient (Wildman–Crippen LogP) is 5.78. The summed E-state index contributed by atoms with van der Waals surface area (Å²) in [4.78, 5) is 36.4. The number of ether oxygens (including phenoxy) is 1. The molecule has 0 aliphatic carbocycles. The van der Waals surface area contributed by atoms with Crippen molar-refractivity contribution in [3.63, 3.8) is 0 Å². The molecule has 0 N–H and O–H groups in total. The van der Waals surface area contributed by atoms with Gasteiger partial charge in [-0.2, -0.15) is 8.42 Å². The lowest BCUT2D eigenvalue weighted by molar-refractivity contribution is -0.136. The Balaban J connectivity index is 1.32. The first kappa shape index (κ1) is 33.0. The summed E-state index contributed by atoms with van der Waals surface area (Å²) in [6.45, 7) is 7.47. The molecule has 0 bridgehead atoms. The van der Waals surface area contributed by atoms with Crippen molar-refractivity contribution in [2.24, 2.45) is 0 Å². The third-order valence-electron chi connectivity index (χ3n) is 7.63. The van der Waals surface area contributed by atoms with Gasteiger partial charge >= 0.3 is 16.2 Å². The Labute approximate surface area is 274 Å². The molecule has 2 heterocycles. The Morgan fingerprint density at radius 2 is 1.65 bits per heavy atom. The van der Waals surface area contributed by atoms with E-state index in [4.69, 9.17) is 20.5 Å². The fraction of sp³-hybridized carbons (Fsp3) is 0.324. The van der Waals surface area contributed by atoms with E-state index in [1.807, 2.05) is 30.3 Å². The Morgan fingerprint density at radius 1 is 0.957 bits per heavy atom. The fourth-order valence-electron chi connectivity index (χ4n) is 5.28. The lowest BCUT2D eigenvalue weighted by Crippen LogP contribution is -2.56. The quantitative estimate of drug-likeness (QED) is 0.218. The van der Waals surface area contributed by atoms with Crippen LogP contribution in [0.25, 0.3) is 10.8 Å². The molecule has 46 heavy (non-hydrogen) atoms. The van der Waals surface area contributed by atoms with Crippen molar-refractivity contribution >= 4 is 50.2 Å². The highest BCUT2D eigenvalue weighted by Gasteiger charge is 2.35. The van der Waals surface area contributed by atoms with Gasteiger partial charge in [0.2, 0.25) is 10.9 Å². The molecule has 0 radical (unpaired) electrons. The molecule has 12 heteroatoms. The zero-order chi connectivity index (χ0) is 33.1. The number of anilines is 1. The van der Waals surface area contributed by atoms with Crippen LogP contribution in [-0.4, -0.2) is 80.1 Å². The van der Waals surface area contributed by atoms with Crippen molar-refractivity contribution in [3.8, 4) is 5.75 Å². The van der Waals surface area contributed by atoms with Crippen molar-refractivity contribution in [2.75, 3.05) is 38.1 Å². The van der Waals surface area contributed by atoms with Gasteiger partial charge in [0.1, 0.15) is 17.4 Å². The van der Waals surface area contributed by atoms with Gasteiger partial charge in [-0.1, -0.05) is 54.1 Å². The van der Waals surface area contributed by atoms with E-state index >= 15 is 0 Å². The van der Waals surface area contributed by atoms with E-state index < -0.39 is 27.9 Å². The highest BCUT2D eigenvalue weighted by atomic mass is 35.5. The van der Waals surface area contributed by atoms with E-state index in [9.17, 15) is 18.0 Å². The van der Waals surface area contributed by atoms with Gasteiger partial charge in [0.25, 0.3) is 0 Å². The van der Waals surface area contributed by atoms with Crippen LogP contribution in [0.5, 0.6) is 5.75 Å². The van der Waals surface area contributed by atoms with Crippen LogP contribution in [0.1, 0.15) is 26.3 Å². The average molecular weight is 665 g/mol. The maximum Gasteiger partial charge on any atom is 0.410 e. The van der Waals surface area contributed by atoms with Crippen LogP contribution in [0.4, 0.5) is 10.5 Å². The van der Waals surface area contributed by atoms with Crippen molar-refractivity contribution in [2.45, 2.75) is 43.9 Å². The van der Waals surface area contributed by atoms with Crippen LogP contribution in [0.3, 0.4) is 0 Å². The molecule has 1 fully saturated rings. The van der Waals surface area contributed by atoms with E-state index in [0.29, 0.717) is 42.2 Å². The summed E-state index contributed by atoms with van der Waals surface area (Å²) in [6, 6.07) is 21.9. The number of hydrogen-bond donors (Lipinski definition) is 0. The monoisotopic (exact) mass is 664 g/mol. The zero-order valence-electron chi connectivity index (χ0n) is 26.2. The summed E-state index contributed by atoms with van der Waals surface area (Å²) in [6.07, 6.45) is 0.995. The highest BCUT2D eigenvalue weighted by molar-refractivity contribution is 7.87. The van der Waals surface area contributed by atoms with E-state index in [1.165, 1.54) is 23.2 Å². The van der Waals surface area contributed by atoms with Crippen LogP contribution < -0.4 is 9.08 Å². The third-order valence-corrected chi connectivity index (χ3v) is 9.08. The molecular formula is C34H37ClN4O6S. The maximum atomic E-state index is 14.0. The highest BCUT2D eigenvalue weighted by Crippen LogP contribution is 2.26. The molecule has 1 saturated heterocycles. The second-order valence-corrected chi connectivity index (χ2v) is 14.0. The number of carbonyl (C=O) groups excluding carboxylic acids is 2. The maximum absolute atomic E-state index is 14.0. The fourth-order valence-corrected chi connectivity index (χ4v) is 6.55. The summed E-state index contributed by atoms with van der Waals surface area (Å²) in [5.74, 6) is -0.108. The molecule has 2 amide bonds. The number of carbonyl (C=O) groups is 2. The van der Waals surface area contributed by atoms with Crippen molar-refractivity contribution < 1.29 is 26.9 Å². The van der Waals surface area contributed by atoms with Gasteiger partial charge in [0, 0.05) is 61.9 Å². The van der Waals surface area contributed by atoms with Gasteiger partial charge in [-0.3, -0.25) is 9.69 Å². The number of benzene rings is 3. The molecule has 1 atom stereocenters. The van der Waals surface area contributed by atoms with E-state index in [1.54, 1.807) is 69.1 Å². The first-order valence-corrected chi connectivity index (χ1v) is 16.7. The van der Waals surface area contributed by atoms with Gasteiger partial charge in [-0.05, 0) is 68.1 Å². The van der Waals surface area contributed by atoms with Crippen LogP contribution in [0.15, 0.2) is 90.1 Å². The Hall–Kier alpha value is -4.35. The average Bonchev–Trinajstić information content (AvgIpc) is 3.02. The normalized spacial score (nSPS) is 14.5. The predicted molar refractivity (Wildman–Crippen MR) is 178 cm³/mol. The first-order valence-electron chi connectivity index (χ1n) is 14.9. The summed E-state index contributed by atoms with van der Waals surface area (Å²) in [7, 11) is -2.67. The number of piperazine rings is 1. The Bertz CT molecular complexity index is 1810. The molecule has 1 aliphatic heterocycles. The largest absolute Gasteiger partial charge is 0.444 e. The van der Waals surface area contributed by atoms with E-state index in [0.717, 1.165) is 11.1 Å². The van der Waals surface area contributed by atoms with Gasteiger partial charge in [-0.25, -0.2) is 9.78 Å². The topological polar surface area (TPSA) is 109 Å². The summed E-state index contributed by atoms with van der Waals surface area (Å²) >= 11 is 6.18. The molecule has 0 saturated carbocycles. The number of nitrogens with zero attached hydrogens (tertiary/aromatic N) is 4. The number of fused-ring (bicyclic) bond motifs is 1. The van der Waals surface area contributed by atoms with Gasteiger partial charge in [-0.15, -0.1) is 0 Å². The number of halogens is 1. The molecule has 10 nitrogen and oxygen atoms in total. The first-order chi connectivity index (χ1) is 21.8. The summed E-state index contributed by atoms with van der Waals surface area (Å²) in [5.41, 5.74) is 0.951. The van der Waals surface area contributed by atoms with Crippen LogP contribution in [0, 0.1) is 0 Å². The number of likely N-dealkylation sites (N-methyl/N-ethyl adjacent to an activating group) is 1.